The number of hydrogen-bond acceptors (Lipinski definition) is 4. The van der Waals surface area contributed by atoms with E-state index < -0.39 is 4.92 Å². The Morgan fingerprint density at radius 3 is 3.00 bits per heavy atom. The summed E-state index contributed by atoms with van der Waals surface area (Å²) in [6.45, 7) is 0.705. The topological polar surface area (TPSA) is 70.2 Å². The first-order chi connectivity index (χ1) is 9.15. The van der Waals surface area contributed by atoms with Gasteiger partial charge in [0.05, 0.1) is 22.4 Å². The lowest BCUT2D eigenvalue weighted by Gasteiger charge is -2.36. The first kappa shape index (κ1) is 13.6. The summed E-state index contributed by atoms with van der Waals surface area (Å²) in [5, 5.41) is 20.4. The molecule has 2 rings (SSSR count). The second-order valence-electron chi connectivity index (χ2n) is 4.57. The van der Waals surface area contributed by atoms with Crippen LogP contribution in [0.15, 0.2) is 18.2 Å². The zero-order valence-corrected chi connectivity index (χ0v) is 11.1. The number of rotatable bonds is 3. The van der Waals surface area contributed by atoms with Gasteiger partial charge in [-0.15, -0.1) is 0 Å². The van der Waals surface area contributed by atoms with E-state index in [4.69, 9.17) is 16.9 Å². The van der Waals surface area contributed by atoms with E-state index >= 15 is 0 Å². The van der Waals surface area contributed by atoms with Crippen LogP contribution in [0.1, 0.15) is 25.7 Å². The number of nitro groups is 1. The van der Waals surface area contributed by atoms with Crippen molar-refractivity contribution in [3.05, 3.63) is 33.3 Å². The summed E-state index contributed by atoms with van der Waals surface area (Å²) >= 11 is 6.14. The Bertz CT molecular complexity index is 527. The van der Waals surface area contributed by atoms with Gasteiger partial charge in [0.25, 0.3) is 5.69 Å². The lowest BCUT2D eigenvalue weighted by atomic mass is 9.98. The smallest absolute Gasteiger partial charge is 0.294 e. The van der Waals surface area contributed by atoms with E-state index in [1.54, 1.807) is 12.1 Å². The number of para-hydroxylation sites is 1. The highest BCUT2D eigenvalue weighted by Crippen LogP contribution is 2.39. The molecule has 1 unspecified atom stereocenters. The first-order valence-electron chi connectivity index (χ1n) is 6.21. The fraction of sp³-hybridized carbons (Fsp3) is 0.462. The zero-order valence-electron chi connectivity index (χ0n) is 10.4. The van der Waals surface area contributed by atoms with Crippen LogP contribution in [0.5, 0.6) is 0 Å². The average molecular weight is 280 g/mol. The van der Waals surface area contributed by atoms with E-state index in [2.05, 4.69) is 6.07 Å². The fourth-order valence-corrected chi connectivity index (χ4v) is 2.83. The molecule has 1 aromatic carbocycles. The van der Waals surface area contributed by atoms with Crippen LogP contribution in [0.4, 0.5) is 11.4 Å². The molecular formula is C13H14ClN3O2. The molecule has 1 aliphatic rings. The van der Waals surface area contributed by atoms with Gasteiger partial charge >= 0.3 is 0 Å². The zero-order chi connectivity index (χ0) is 13.8. The van der Waals surface area contributed by atoms with E-state index in [1.165, 1.54) is 6.07 Å². The minimum Gasteiger partial charge on any atom is -0.361 e. The molecule has 5 nitrogen and oxygen atoms in total. The van der Waals surface area contributed by atoms with Gasteiger partial charge in [0.1, 0.15) is 5.69 Å². The molecule has 0 spiro atoms. The molecule has 0 bridgehead atoms. The van der Waals surface area contributed by atoms with Crippen LogP contribution in [0.2, 0.25) is 5.02 Å². The molecule has 0 amide bonds. The number of nitrogens with zero attached hydrogens (tertiary/aromatic N) is 3. The van der Waals surface area contributed by atoms with Crippen molar-refractivity contribution in [3.8, 4) is 6.07 Å². The molecule has 1 fully saturated rings. The number of piperidine rings is 1. The maximum Gasteiger partial charge on any atom is 0.294 e. The molecule has 0 aliphatic carbocycles. The molecule has 6 heteroatoms. The van der Waals surface area contributed by atoms with Gasteiger partial charge in [0, 0.05) is 18.7 Å². The SMILES string of the molecule is N#CCC1CCCCN1c1c(Cl)cccc1[N+](=O)[O-]. The Morgan fingerprint density at radius 2 is 2.32 bits per heavy atom. The van der Waals surface area contributed by atoms with E-state index in [0.717, 1.165) is 19.3 Å². The van der Waals surface area contributed by atoms with Crippen LogP contribution in [-0.2, 0) is 0 Å². The molecule has 100 valence electrons. The number of nitriles is 1. The van der Waals surface area contributed by atoms with Crippen molar-refractivity contribution in [2.24, 2.45) is 0 Å². The van der Waals surface area contributed by atoms with Gasteiger partial charge in [0.2, 0.25) is 0 Å². The molecule has 1 atom stereocenters. The van der Waals surface area contributed by atoms with Crippen molar-refractivity contribution in [1.29, 1.82) is 5.26 Å². The van der Waals surface area contributed by atoms with Crippen molar-refractivity contribution in [1.82, 2.24) is 0 Å². The van der Waals surface area contributed by atoms with E-state index in [0.29, 0.717) is 23.7 Å². The lowest BCUT2D eigenvalue weighted by Crippen LogP contribution is -2.39. The summed E-state index contributed by atoms with van der Waals surface area (Å²) in [6.07, 6.45) is 3.24. The Hall–Kier alpha value is -1.80. The summed E-state index contributed by atoms with van der Waals surface area (Å²) in [5.74, 6) is 0. The molecular weight excluding hydrogens is 266 g/mol. The fourth-order valence-electron chi connectivity index (χ4n) is 2.55. The van der Waals surface area contributed by atoms with Gasteiger partial charge in [-0.2, -0.15) is 5.26 Å². The van der Waals surface area contributed by atoms with Crippen molar-refractivity contribution in [2.45, 2.75) is 31.7 Å². The highest BCUT2D eigenvalue weighted by atomic mass is 35.5. The molecule has 1 aliphatic heterocycles. The van der Waals surface area contributed by atoms with Gasteiger partial charge in [-0.3, -0.25) is 10.1 Å². The number of halogens is 1. The summed E-state index contributed by atoms with van der Waals surface area (Å²) in [5.41, 5.74) is 0.464. The van der Waals surface area contributed by atoms with Crippen LogP contribution in [0.3, 0.4) is 0 Å². The second-order valence-corrected chi connectivity index (χ2v) is 4.98. The molecule has 1 aromatic rings. The quantitative estimate of drug-likeness (QED) is 0.627. The third-order valence-electron chi connectivity index (χ3n) is 3.40. The molecule has 19 heavy (non-hydrogen) atoms. The standard InChI is InChI=1S/C13H14ClN3O2/c14-11-5-3-6-12(17(18)19)13(11)16-9-2-1-4-10(16)7-8-15/h3,5-6,10H,1-2,4,7,9H2. The monoisotopic (exact) mass is 279 g/mol. The lowest BCUT2D eigenvalue weighted by molar-refractivity contribution is -0.384. The van der Waals surface area contributed by atoms with Crippen LogP contribution in [0.25, 0.3) is 0 Å². The molecule has 0 saturated carbocycles. The van der Waals surface area contributed by atoms with Gasteiger partial charge in [-0.1, -0.05) is 17.7 Å². The maximum absolute atomic E-state index is 11.1. The largest absolute Gasteiger partial charge is 0.361 e. The Labute approximate surface area is 116 Å². The van der Waals surface area contributed by atoms with Crippen LogP contribution >= 0.6 is 11.6 Å². The molecule has 0 aromatic heterocycles. The first-order valence-corrected chi connectivity index (χ1v) is 6.59. The van der Waals surface area contributed by atoms with E-state index in [1.807, 2.05) is 4.90 Å². The predicted molar refractivity (Wildman–Crippen MR) is 73.3 cm³/mol. The summed E-state index contributed by atoms with van der Waals surface area (Å²) < 4.78 is 0. The molecule has 1 heterocycles. The van der Waals surface area contributed by atoms with Crippen molar-refractivity contribution in [3.63, 3.8) is 0 Å². The molecule has 1 saturated heterocycles. The van der Waals surface area contributed by atoms with Crippen molar-refractivity contribution < 1.29 is 4.92 Å². The van der Waals surface area contributed by atoms with Crippen LogP contribution < -0.4 is 4.90 Å². The summed E-state index contributed by atoms with van der Waals surface area (Å²) in [4.78, 5) is 12.6. The minimum absolute atomic E-state index is 0.0114. The Morgan fingerprint density at radius 1 is 1.53 bits per heavy atom. The van der Waals surface area contributed by atoms with Gasteiger partial charge in [-0.05, 0) is 25.3 Å². The Balaban J connectivity index is 2.44. The van der Waals surface area contributed by atoms with E-state index in [9.17, 15) is 10.1 Å². The van der Waals surface area contributed by atoms with Crippen molar-refractivity contribution >= 4 is 23.0 Å². The van der Waals surface area contributed by atoms with Gasteiger partial charge in [0.15, 0.2) is 0 Å². The van der Waals surface area contributed by atoms with Crippen LogP contribution in [-0.4, -0.2) is 17.5 Å². The normalized spacial score (nSPS) is 18.9. The number of hydrogen-bond donors (Lipinski definition) is 0. The van der Waals surface area contributed by atoms with Gasteiger partial charge in [-0.25, -0.2) is 0 Å². The number of benzene rings is 1. The summed E-state index contributed by atoms with van der Waals surface area (Å²) in [7, 11) is 0. The summed E-state index contributed by atoms with van der Waals surface area (Å²) in [6, 6.07) is 6.85. The molecule has 0 N–H and O–H groups in total. The highest BCUT2D eigenvalue weighted by molar-refractivity contribution is 6.33. The average Bonchev–Trinajstić information content (AvgIpc) is 2.40. The third kappa shape index (κ3) is 2.79. The van der Waals surface area contributed by atoms with E-state index in [-0.39, 0.29) is 11.7 Å². The predicted octanol–water partition coefficient (Wildman–Crippen LogP) is 3.52. The molecule has 0 radical (unpaired) electrons. The number of nitro benzene ring substituents is 1. The number of anilines is 1. The second kappa shape index (κ2) is 5.89. The Kier molecular flexibility index (Phi) is 4.23. The van der Waals surface area contributed by atoms with Crippen LogP contribution in [0, 0.1) is 21.4 Å². The van der Waals surface area contributed by atoms with Gasteiger partial charge < -0.3 is 4.90 Å². The van der Waals surface area contributed by atoms with Crippen molar-refractivity contribution in [2.75, 3.05) is 11.4 Å². The third-order valence-corrected chi connectivity index (χ3v) is 3.71. The minimum atomic E-state index is -0.417. The highest BCUT2D eigenvalue weighted by Gasteiger charge is 2.29. The maximum atomic E-state index is 11.1.